The van der Waals surface area contributed by atoms with Crippen LogP contribution in [0.3, 0.4) is 0 Å². The van der Waals surface area contributed by atoms with Crippen LogP contribution in [-0.2, 0) is 0 Å². The second kappa shape index (κ2) is 6.23. The molecule has 0 unspecified atom stereocenters. The number of carbonyl (C=O) groups excluding carboxylic acids is 1. The Morgan fingerprint density at radius 1 is 1.30 bits per heavy atom. The minimum atomic E-state index is -0.456. The summed E-state index contributed by atoms with van der Waals surface area (Å²) in [6, 6.07) is 7.98. The van der Waals surface area contributed by atoms with E-state index in [1.54, 1.807) is 18.3 Å². The van der Waals surface area contributed by atoms with Crippen molar-refractivity contribution in [2.24, 2.45) is 0 Å². The highest BCUT2D eigenvalue weighted by Crippen LogP contribution is 2.27. The minimum Gasteiger partial charge on any atom is -0.322 e. The Morgan fingerprint density at radius 2 is 1.95 bits per heavy atom. The third-order valence-electron chi connectivity index (χ3n) is 2.38. The first-order chi connectivity index (χ1) is 9.51. The van der Waals surface area contributed by atoms with Crippen molar-refractivity contribution < 1.29 is 4.79 Å². The molecule has 2 rings (SSSR count). The maximum absolute atomic E-state index is 12.2. The largest absolute Gasteiger partial charge is 0.322 e. The van der Waals surface area contributed by atoms with Gasteiger partial charge in [0.2, 0.25) is 0 Å². The predicted octanol–water partition coefficient (Wildman–Crippen LogP) is 4.27. The molecule has 0 aliphatic rings. The molecule has 1 amide bonds. The summed E-state index contributed by atoms with van der Waals surface area (Å²) < 4.78 is 0.590. The molecule has 4 nitrogen and oxygen atoms in total. The normalized spacial score (nSPS) is 9.90. The van der Waals surface area contributed by atoms with Crippen molar-refractivity contribution in [3.8, 4) is 6.07 Å². The van der Waals surface area contributed by atoms with E-state index < -0.39 is 5.91 Å². The van der Waals surface area contributed by atoms with E-state index in [1.165, 1.54) is 12.1 Å². The van der Waals surface area contributed by atoms with Gasteiger partial charge in [-0.05, 0) is 40.2 Å². The van der Waals surface area contributed by atoms with Crippen molar-refractivity contribution in [1.29, 1.82) is 5.26 Å². The Labute approximate surface area is 133 Å². The second-order valence-corrected chi connectivity index (χ2v) is 5.37. The van der Waals surface area contributed by atoms with Gasteiger partial charge in [-0.1, -0.05) is 23.2 Å². The number of anilines is 1. The minimum absolute atomic E-state index is 0.125. The quantitative estimate of drug-likeness (QED) is 0.802. The molecule has 0 saturated heterocycles. The molecule has 0 bridgehead atoms. The molecule has 20 heavy (non-hydrogen) atoms. The van der Waals surface area contributed by atoms with E-state index in [9.17, 15) is 4.79 Å². The van der Waals surface area contributed by atoms with Crippen LogP contribution in [0.4, 0.5) is 5.69 Å². The lowest BCUT2D eigenvalue weighted by atomic mass is 10.1. The van der Waals surface area contributed by atoms with Gasteiger partial charge >= 0.3 is 0 Å². The Kier molecular flexibility index (Phi) is 4.61. The van der Waals surface area contributed by atoms with Crippen molar-refractivity contribution in [3.63, 3.8) is 0 Å². The average molecular weight is 371 g/mol. The van der Waals surface area contributed by atoms with Crippen molar-refractivity contribution in [1.82, 2.24) is 4.98 Å². The van der Waals surface area contributed by atoms with Crippen LogP contribution in [0.2, 0.25) is 10.0 Å². The molecule has 2 aromatic rings. The van der Waals surface area contributed by atoms with Gasteiger partial charge in [0.1, 0.15) is 4.60 Å². The molecule has 100 valence electrons. The molecule has 7 heteroatoms. The Hall–Kier alpha value is -1.61. The van der Waals surface area contributed by atoms with Gasteiger partial charge in [0.25, 0.3) is 5.91 Å². The molecule has 0 spiro atoms. The maximum atomic E-state index is 12.2. The standard InChI is InChI=1S/C13H6BrCl2N3O/c14-11-5-8(1-2-18-11)19-13(20)12-9(15)3-7(6-17)4-10(12)16/h1-5H,(H,18,19,20). The molecule has 1 heterocycles. The fourth-order valence-corrected chi connectivity index (χ4v) is 2.55. The molecule has 1 aromatic heterocycles. The molecule has 0 fully saturated rings. The highest BCUT2D eigenvalue weighted by Gasteiger charge is 2.16. The number of aromatic nitrogens is 1. The zero-order chi connectivity index (χ0) is 14.7. The summed E-state index contributed by atoms with van der Waals surface area (Å²) in [5.74, 6) is -0.456. The number of nitrogens with one attached hydrogen (secondary N) is 1. The number of carbonyl (C=O) groups is 1. The third kappa shape index (κ3) is 3.28. The van der Waals surface area contributed by atoms with Gasteiger partial charge in [0, 0.05) is 11.9 Å². The van der Waals surface area contributed by atoms with Gasteiger partial charge < -0.3 is 5.32 Å². The van der Waals surface area contributed by atoms with Crippen LogP contribution in [0, 0.1) is 11.3 Å². The van der Waals surface area contributed by atoms with Crippen molar-refractivity contribution in [2.45, 2.75) is 0 Å². The van der Waals surface area contributed by atoms with Gasteiger partial charge in [-0.3, -0.25) is 4.79 Å². The highest BCUT2D eigenvalue weighted by atomic mass is 79.9. The van der Waals surface area contributed by atoms with Crippen LogP contribution in [0.25, 0.3) is 0 Å². The number of amides is 1. The summed E-state index contributed by atoms with van der Waals surface area (Å²) in [6.07, 6.45) is 1.54. The number of rotatable bonds is 2. The SMILES string of the molecule is N#Cc1cc(Cl)c(C(=O)Nc2ccnc(Br)c2)c(Cl)c1. The fraction of sp³-hybridized carbons (Fsp3) is 0. The monoisotopic (exact) mass is 369 g/mol. The summed E-state index contributed by atoms with van der Waals surface area (Å²) in [5, 5.41) is 11.7. The molecule has 0 aliphatic heterocycles. The van der Waals surface area contributed by atoms with Crippen LogP contribution in [0.1, 0.15) is 15.9 Å². The van der Waals surface area contributed by atoms with Crippen LogP contribution in [0.15, 0.2) is 35.1 Å². The maximum Gasteiger partial charge on any atom is 0.258 e. The van der Waals surface area contributed by atoms with Gasteiger partial charge in [0.15, 0.2) is 0 Å². The third-order valence-corrected chi connectivity index (χ3v) is 3.41. The molecule has 0 atom stereocenters. The van der Waals surface area contributed by atoms with E-state index in [4.69, 9.17) is 28.5 Å². The van der Waals surface area contributed by atoms with E-state index in [0.29, 0.717) is 15.9 Å². The number of hydrogen-bond donors (Lipinski definition) is 1. The Morgan fingerprint density at radius 3 is 2.50 bits per heavy atom. The van der Waals surface area contributed by atoms with E-state index in [-0.39, 0.29) is 15.6 Å². The van der Waals surface area contributed by atoms with E-state index in [1.807, 2.05) is 6.07 Å². The van der Waals surface area contributed by atoms with E-state index in [0.717, 1.165) is 0 Å². The van der Waals surface area contributed by atoms with Crippen molar-refractivity contribution in [2.75, 3.05) is 5.32 Å². The van der Waals surface area contributed by atoms with Crippen LogP contribution in [0.5, 0.6) is 0 Å². The fourth-order valence-electron chi connectivity index (χ4n) is 1.53. The summed E-state index contributed by atoms with van der Waals surface area (Å²) in [4.78, 5) is 16.1. The lowest BCUT2D eigenvalue weighted by molar-refractivity contribution is 0.102. The number of halogens is 3. The van der Waals surface area contributed by atoms with Crippen LogP contribution in [-0.4, -0.2) is 10.9 Å². The Bertz CT molecular complexity index is 705. The lowest BCUT2D eigenvalue weighted by Crippen LogP contribution is -2.13. The zero-order valence-electron chi connectivity index (χ0n) is 9.82. The van der Waals surface area contributed by atoms with Crippen LogP contribution < -0.4 is 5.32 Å². The smallest absolute Gasteiger partial charge is 0.258 e. The molecular weight excluding hydrogens is 365 g/mol. The number of hydrogen-bond acceptors (Lipinski definition) is 3. The highest BCUT2D eigenvalue weighted by molar-refractivity contribution is 9.10. The van der Waals surface area contributed by atoms with E-state index in [2.05, 4.69) is 26.2 Å². The number of pyridine rings is 1. The van der Waals surface area contributed by atoms with Gasteiger partial charge in [-0.15, -0.1) is 0 Å². The first-order valence-electron chi connectivity index (χ1n) is 5.33. The topological polar surface area (TPSA) is 65.8 Å². The zero-order valence-corrected chi connectivity index (χ0v) is 12.9. The molecule has 0 aliphatic carbocycles. The number of nitriles is 1. The lowest BCUT2D eigenvalue weighted by Gasteiger charge is -2.09. The average Bonchev–Trinajstić information content (AvgIpc) is 2.37. The first-order valence-corrected chi connectivity index (χ1v) is 6.88. The summed E-state index contributed by atoms with van der Waals surface area (Å²) >= 11 is 15.2. The molecule has 0 radical (unpaired) electrons. The Balaban J connectivity index is 2.33. The number of nitrogens with zero attached hydrogens (tertiary/aromatic N) is 2. The number of benzene rings is 1. The van der Waals surface area contributed by atoms with Crippen molar-refractivity contribution in [3.05, 3.63) is 56.2 Å². The van der Waals surface area contributed by atoms with Crippen LogP contribution >= 0.6 is 39.1 Å². The molecular formula is C13H6BrCl2N3O. The summed E-state index contributed by atoms with van der Waals surface area (Å²) in [6.45, 7) is 0. The molecule has 1 N–H and O–H groups in total. The molecule has 0 saturated carbocycles. The van der Waals surface area contributed by atoms with Crippen molar-refractivity contribution >= 4 is 50.7 Å². The second-order valence-electron chi connectivity index (χ2n) is 3.75. The van der Waals surface area contributed by atoms with Gasteiger partial charge in [-0.2, -0.15) is 5.26 Å². The first kappa shape index (κ1) is 14.8. The summed E-state index contributed by atoms with van der Waals surface area (Å²) in [5.41, 5.74) is 0.969. The van der Waals surface area contributed by atoms with Gasteiger partial charge in [0.05, 0.1) is 27.2 Å². The molecule has 1 aromatic carbocycles. The predicted molar refractivity (Wildman–Crippen MR) is 81.1 cm³/mol. The van der Waals surface area contributed by atoms with Gasteiger partial charge in [-0.25, -0.2) is 4.98 Å². The van der Waals surface area contributed by atoms with E-state index >= 15 is 0 Å². The summed E-state index contributed by atoms with van der Waals surface area (Å²) in [7, 11) is 0.